The maximum absolute atomic E-state index is 12.9. The van der Waals surface area contributed by atoms with Crippen LogP contribution in [0.15, 0.2) is 46.5 Å². The number of thioether (sulfide) groups is 2. The summed E-state index contributed by atoms with van der Waals surface area (Å²) < 4.78 is 5.29. The molecule has 1 aromatic heterocycles. The third-order valence-corrected chi connectivity index (χ3v) is 8.55. The number of nitrogens with one attached hydrogen (secondary N) is 2. The molecule has 3 heterocycles. The van der Waals surface area contributed by atoms with E-state index in [1.807, 2.05) is 36.5 Å². The summed E-state index contributed by atoms with van der Waals surface area (Å²) >= 11 is 9.91. The van der Waals surface area contributed by atoms with Crippen molar-refractivity contribution in [2.24, 2.45) is 0 Å². The number of likely N-dealkylation sites (tertiary alicyclic amines) is 1. The molecule has 0 radical (unpaired) electrons. The lowest BCUT2D eigenvalue weighted by molar-refractivity contribution is 0.0913. The molecule has 0 unspecified atom stereocenters. The highest BCUT2D eigenvalue weighted by molar-refractivity contribution is 7.99. The van der Waals surface area contributed by atoms with Crippen molar-refractivity contribution in [1.82, 2.24) is 20.2 Å². The molecule has 184 valence electrons. The molecule has 1 fully saturated rings. The van der Waals surface area contributed by atoms with Crippen molar-refractivity contribution in [3.8, 4) is 5.75 Å². The van der Waals surface area contributed by atoms with Crippen LogP contribution in [0.5, 0.6) is 5.75 Å². The Kier molecular flexibility index (Phi) is 7.87. The van der Waals surface area contributed by atoms with E-state index in [0.29, 0.717) is 10.6 Å². The topological polar surface area (TPSA) is 79.4 Å². The Morgan fingerprint density at radius 1 is 1.29 bits per heavy atom. The van der Waals surface area contributed by atoms with Crippen LogP contribution in [0.2, 0.25) is 5.02 Å². The van der Waals surface area contributed by atoms with Gasteiger partial charge in [-0.25, -0.2) is 4.98 Å². The molecule has 1 amide bonds. The number of fused-ring (bicyclic) bond motifs is 2. The SMILES string of the molecule is COc1ccc2ncc(SCCN3CCC(NC(=O)c4cc5c(cc4Cl)SCCN5)CC3)nc2c1. The lowest BCUT2D eigenvalue weighted by Gasteiger charge is -2.32. The van der Waals surface area contributed by atoms with Gasteiger partial charge in [0.25, 0.3) is 5.91 Å². The molecule has 7 nitrogen and oxygen atoms in total. The molecular weight excluding hydrogens is 502 g/mol. The average molecular weight is 530 g/mol. The van der Waals surface area contributed by atoms with Gasteiger partial charge in [0.15, 0.2) is 0 Å². The maximum Gasteiger partial charge on any atom is 0.253 e. The Morgan fingerprint density at radius 3 is 2.97 bits per heavy atom. The molecule has 2 aliphatic heterocycles. The summed E-state index contributed by atoms with van der Waals surface area (Å²) in [7, 11) is 1.65. The van der Waals surface area contributed by atoms with Crippen molar-refractivity contribution in [3.63, 3.8) is 0 Å². The summed E-state index contributed by atoms with van der Waals surface area (Å²) in [6.45, 7) is 3.80. The van der Waals surface area contributed by atoms with Crippen molar-refractivity contribution in [1.29, 1.82) is 0 Å². The Labute approximate surface area is 218 Å². The number of ether oxygens (including phenoxy) is 1. The van der Waals surface area contributed by atoms with E-state index >= 15 is 0 Å². The Morgan fingerprint density at radius 2 is 2.14 bits per heavy atom. The van der Waals surface area contributed by atoms with Crippen LogP contribution < -0.4 is 15.4 Å². The third-order valence-electron chi connectivity index (χ3n) is 6.30. The smallest absolute Gasteiger partial charge is 0.253 e. The zero-order valence-electron chi connectivity index (χ0n) is 19.6. The Hall–Kier alpha value is -2.20. The van der Waals surface area contributed by atoms with Gasteiger partial charge < -0.3 is 20.3 Å². The number of amides is 1. The number of aromatic nitrogens is 2. The standard InChI is InChI=1S/C25H28ClN5O2S2/c1-33-17-2-3-20-21(12-17)30-24(15-28-20)35-11-9-31-7-4-16(5-8-31)29-25(32)18-13-22-23(14-19(18)26)34-10-6-27-22/h2-3,12-16,27H,4-11H2,1H3,(H,29,32). The summed E-state index contributed by atoms with van der Waals surface area (Å²) in [5.74, 6) is 2.65. The molecule has 10 heteroatoms. The number of benzene rings is 2. The van der Waals surface area contributed by atoms with Crippen LogP contribution >= 0.6 is 35.1 Å². The van der Waals surface area contributed by atoms with Crippen molar-refractivity contribution in [2.75, 3.05) is 50.1 Å². The first-order chi connectivity index (χ1) is 17.1. The molecule has 2 N–H and O–H groups in total. The van der Waals surface area contributed by atoms with Gasteiger partial charge in [-0.3, -0.25) is 9.78 Å². The largest absolute Gasteiger partial charge is 0.497 e. The molecule has 0 aliphatic carbocycles. The number of carbonyl (C=O) groups excluding carboxylic acids is 1. The molecular formula is C25H28ClN5O2S2. The minimum Gasteiger partial charge on any atom is -0.497 e. The van der Waals surface area contributed by atoms with Crippen LogP contribution in [-0.2, 0) is 0 Å². The highest BCUT2D eigenvalue weighted by atomic mass is 35.5. The van der Waals surface area contributed by atoms with Crippen LogP contribution in [0.4, 0.5) is 5.69 Å². The first kappa shape index (κ1) is 24.5. The monoisotopic (exact) mass is 529 g/mol. The van der Waals surface area contributed by atoms with Crippen molar-refractivity contribution < 1.29 is 9.53 Å². The molecule has 2 aromatic carbocycles. The fourth-order valence-electron chi connectivity index (χ4n) is 4.35. The van der Waals surface area contributed by atoms with Crippen molar-refractivity contribution >= 4 is 57.8 Å². The number of carbonyl (C=O) groups is 1. The molecule has 0 saturated carbocycles. The van der Waals surface area contributed by atoms with E-state index in [0.717, 1.165) is 82.9 Å². The second-order valence-corrected chi connectivity index (χ2v) is 11.3. The van der Waals surface area contributed by atoms with Crippen molar-refractivity contribution in [2.45, 2.75) is 28.8 Å². The first-order valence-electron chi connectivity index (χ1n) is 11.8. The van der Waals surface area contributed by atoms with Crippen LogP contribution in [-0.4, -0.2) is 71.6 Å². The van der Waals surface area contributed by atoms with Gasteiger partial charge in [0, 0.05) is 60.4 Å². The summed E-state index contributed by atoms with van der Waals surface area (Å²) in [4.78, 5) is 25.7. The highest BCUT2D eigenvalue weighted by Crippen LogP contribution is 2.35. The Balaban J connectivity index is 1.08. The van der Waals surface area contributed by atoms with Gasteiger partial charge in [-0.2, -0.15) is 0 Å². The molecule has 0 bridgehead atoms. The van der Waals surface area contributed by atoms with E-state index in [4.69, 9.17) is 21.3 Å². The number of hydrogen-bond acceptors (Lipinski definition) is 8. The van der Waals surface area contributed by atoms with Crippen LogP contribution in [0, 0.1) is 0 Å². The summed E-state index contributed by atoms with van der Waals surface area (Å²) in [5.41, 5.74) is 3.26. The van der Waals surface area contributed by atoms with Gasteiger partial charge in [-0.15, -0.1) is 23.5 Å². The molecule has 2 aliphatic rings. The number of methoxy groups -OCH3 is 1. The second-order valence-electron chi connectivity index (χ2n) is 8.60. The number of piperidine rings is 1. The highest BCUT2D eigenvalue weighted by Gasteiger charge is 2.23. The molecule has 1 saturated heterocycles. The number of nitrogens with zero attached hydrogens (tertiary/aromatic N) is 3. The van der Waals surface area contributed by atoms with E-state index in [1.165, 1.54) is 0 Å². The first-order valence-corrected chi connectivity index (χ1v) is 14.1. The van der Waals surface area contributed by atoms with Gasteiger partial charge in [-0.1, -0.05) is 11.6 Å². The molecule has 3 aromatic rings. The second kappa shape index (κ2) is 11.2. The van der Waals surface area contributed by atoms with E-state index in [2.05, 4.69) is 20.5 Å². The minimum atomic E-state index is -0.0873. The van der Waals surface area contributed by atoms with E-state index in [1.54, 1.807) is 30.6 Å². The van der Waals surface area contributed by atoms with E-state index in [-0.39, 0.29) is 11.9 Å². The van der Waals surface area contributed by atoms with E-state index < -0.39 is 0 Å². The lowest BCUT2D eigenvalue weighted by Crippen LogP contribution is -2.45. The van der Waals surface area contributed by atoms with Gasteiger partial charge in [-0.05, 0) is 37.1 Å². The average Bonchev–Trinajstić information content (AvgIpc) is 2.88. The van der Waals surface area contributed by atoms with E-state index in [9.17, 15) is 4.79 Å². The molecule has 35 heavy (non-hydrogen) atoms. The number of halogens is 1. The molecule has 5 rings (SSSR count). The summed E-state index contributed by atoms with van der Waals surface area (Å²) in [6.07, 6.45) is 3.70. The predicted molar refractivity (Wildman–Crippen MR) is 144 cm³/mol. The zero-order valence-corrected chi connectivity index (χ0v) is 21.9. The summed E-state index contributed by atoms with van der Waals surface area (Å²) in [6, 6.07) is 9.69. The molecule has 0 spiro atoms. The number of rotatable bonds is 7. The normalized spacial score (nSPS) is 16.5. The number of anilines is 1. The maximum atomic E-state index is 12.9. The fraction of sp³-hybridized carbons (Fsp3) is 0.400. The van der Waals surface area contributed by atoms with Gasteiger partial charge in [0.2, 0.25) is 0 Å². The van der Waals surface area contributed by atoms with Crippen LogP contribution in [0.1, 0.15) is 23.2 Å². The quantitative estimate of drug-likeness (QED) is 0.423. The lowest BCUT2D eigenvalue weighted by atomic mass is 10.0. The predicted octanol–water partition coefficient (Wildman–Crippen LogP) is 4.80. The fourth-order valence-corrected chi connectivity index (χ4v) is 6.42. The van der Waals surface area contributed by atoms with Gasteiger partial charge in [0.05, 0.1) is 34.9 Å². The van der Waals surface area contributed by atoms with Gasteiger partial charge in [0.1, 0.15) is 10.8 Å². The number of hydrogen-bond donors (Lipinski definition) is 2. The van der Waals surface area contributed by atoms with Crippen molar-refractivity contribution in [3.05, 3.63) is 47.1 Å². The van der Waals surface area contributed by atoms with Crippen LogP contribution in [0.25, 0.3) is 11.0 Å². The minimum absolute atomic E-state index is 0.0873. The van der Waals surface area contributed by atoms with Crippen LogP contribution in [0.3, 0.4) is 0 Å². The zero-order chi connectivity index (χ0) is 24.2. The molecule has 0 atom stereocenters. The van der Waals surface area contributed by atoms with Gasteiger partial charge >= 0.3 is 0 Å². The third kappa shape index (κ3) is 5.97. The Bertz CT molecular complexity index is 1220. The summed E-state index contributed by atoms with van der Waals surface area (Å²) in [5, 5.41) is 7.99.